The molecule has 1 aliphatic heterocycles. The zero-order valence-corrected chi connectivity index (χ0v) is 15.8. The minimum Gasteiger partial charge on any atom is -0.449 e. The molecule has 0 fully saturated rings. The SMILES string of the molecule is Cc1cc(C(=O)Nc2ccc3c(c2)OC(C)(C)O3)c(C)n1-c1nccs1. The van der Waals surface area contributed by atoms with Crippen molar-refractivity contribution in [3.8, 4) is 16.6 Å². The van der Waals surface area contributed by atoms with Gasteiger partial charge in [0, 0.05) is 48.6 Å². The smallest absolute Gasteiger partial charge is 0.257 e. The number of nitrogens with zero attached hydrogens (tertiary/aromatic N) is 2. The lowest BCUT2D eigenvalue weighted by atomic mass is 10.2. The number of carbonyl (C=O) groups excluding carboxylic acids is 1. The average molecular weight is 369 g/mol. The Labute approximate surface area is 155 Å². The number of hydrogen-bond acceptors (Lipinski definition) is 5. The highest BCUT2D eigenvalue weighted by Crippen LogP contribution is 2.40. The number of hydrogen-bond donors (Lipinski definition) is 1. The van der Waals surface area contributed by atoms with E-state index in [0.717, 1.165) is 16.5 Å². The van der Waals surface area contributed by atoms with Crippen LogP contribution in [0.15, 0.2) is 35.8 Å². The summed E-state index contributed by atoms with van der Waals surface area (Å²) in [5, 5.41) is 5.71. The maximum absolute atomic E-state index is 12.8. The van der Waals surface area contributed by atoms with Gasteiger partial charge in [-0.05, 0) is 32.0 Å². The van der Waals surface area contributed by atoms with Crippen LogP contribution in [0.4, 0.5) is 5.69 Å². The van der Waals surface area contributed by atoms with E-state index in [0.29, 0.717) is 22.7 Å². The summed E-state index contributed by atoms with van der Waals surface area (Å²) in [6.07, 6.45) is 1.76. The topological polar surface area (TPSA) is 65.4 Å². The summed E-state index contributed by atoms with van der Waals surface area (Å²) in [6, 6.07) is 7.27. The quantitative estimate of drug-likeness (QED) is 0.747. The molecule has 1 aromatic carbocycles. The Kier molecular flexibility index (Phi) is 3.77. The van der Waals surface area contributed by atoms with Gasteiger partial charge in [0.15, 0.2) is 16.6 Å². The van der Waals surface area contributed by atoms with Gasteiger partial charge in [-0.15, -0.1) is 11.3 Å². The van der Waals surface area contributed by atoms with Crippen molar-refractivity contribution in [2.24, 2.45) is 0 Å². The Balaban J connectivity index is 1.60. The van der Waals surface area contributed by atoms with Crippen LogP contribution in [-0.4, -0.2) is 21.2 Å². The van der Waals surface area contributed by atoms with Crippen molar-refractivity contribution in [3.05, 3.63) is 52.8 Å². The van der Waals surface area contributed by atoms with Crippen molar-refractivity contribution in [1.82, 2.24) is 9.55 Å². The molecule has 0 spiro atoms. The number of nitrogens with one attached hydrogen (secondary N) is 1. The predicted molar refractivity (Wildman–Crippen MR) is 101 cm³/mol. The highest BCUT2D eigenvalue weighted by atomic mass is 32.1. The Morgan fingerprint density at radius 2 is 1.96 bits per heavy atom. The molecule has 26 heavy (non-hydrogen) atoms. The third-order valence-electron chi connectivity index (χ3n) is 4.20. The second-order valence-corrected chi connectivity index (χ2v) is 7.53. The van der Waals surface area contributed by atoms with E-state index in [1.165, 1.54) is 11.3 Å². The van der Waals surface area contributed by atoms with E-state index >= 15 is 0 Å². The maximum atomic E-state index is 12.8. The summed E-state index contributed by atoms with van der Waals surface area (Å²) in [6.45, 7) is 7.58. The molecule has 0 unspecified atom stereocenters. The lowest BCUT2D eigenvalue weighted by Crippen LogP contribution is -2.29. The van der Waals surface area contributed by atoms with Gasteiger partial charge >= 0.3 is 0 Å². The number of aromatic nitrogens is 2. The zero-order chi connectivity index (χ0) is 18.5. The fourth-order valence-corrected chi connectivity index (χ4v) is 3.86. The molecule has 0 atom stereocenters. The number of amides is 1. The molecule has 2 aromatic heterocycles. The molecule has 0 saturated carbocycles. The van der Waals surface area contributed by atoms with E-state index in [9.17, 15) is 4.79 Å². The third kappa shape index (κ3) is 2.84. The van der Waals surface area contributed by atoms with E-state index < -0.39 is 5.79 Å². The van der Waals surface area contributed by atoms with Crippen LogP contribution in [0, 0.1) is 13.8 Å². The number of benzene rings is 1. The molecule has 3 aromatic rings. The van der Waals surface area contributed by atoms with E-state index in [2.05, 4.69) is 10.3 Å². The first-order chi connectivity index (χ1) is 12.3. The standard InChI is InChI=1S/C19H19N3O3S/c1-11-9-14(12(2)22(11)18-20-7-8-26-18)17(23)21-13-5-6-15-16(10-13)25-19(3,4)24-15/h5-10H,1-4H3,(H,21,23). The van der Waals surface area contributed by atoms with Crippen LogP contribution in [0.5, 0.6) is 11.5 Å². The summed E-state index contributed by atoms with van der Waals surface area (Å²) in [7, 11) is 0. The van der Waals surface area contributed by atoms with Crippen molar-refractivity contribution in [2.75, 3.05) is 5.32 Å². The maximum Gasteiger partial charge on any atom is 0.257 e. The van der Waals surface area contributed by atoms with Gasteiger partial charge in [-0.1, -0.05) is 0 Å². The van der Waals surface area contributed by atoms with Crippen molar-refractivity contribution in [3.63, 3.8) is 0 Å². The highest BCUT2D eigenvalue weighted by Gasteiger charge is 2.31. The fraction of sp³-hybridized carbons (Fsp3) is 0.263. The molecule has 7 heteroatoms. The summed E-state index contributed by atoms with van der Waals surface area (Å²) in [5.41, 5.74) is 3.11. The second kappa shape index (κ2) is 5.88. The molecule has 3 heterocycles. The van der Waals surface area contributed by atoms with Crippen LogP contribution in [0.25, 0.3) is 5.13 Å². The molecule has 0 saturated heterocycles. The van der Waals surface area contributed by atoms with Crippen LogP contribution < -0.4 is 14.8 Å². The fourth-order valence-electron chi connectivity index (χ4n) is 3.11. The van der Waals surface area contributed by atoms with Crippen molar-refractivity contribution >= 4 is 22.9 Å². The van der Waals surface area contributed by atoms with Crippen LogP contribution >= 0.6 is 11.3 Å². The number of thiazole rings is 1. The van der Waals surface area contributed by atoms with Gasteiger partial charge in [-0.2, -0.15) is 0 Å². The Bertz CT molecular complexity index is 990. The normalized spacial score (nSPS) is 14.5. The minimum absolute atomic E-state index is 0.168. The lowest BCUT2D eigenvalue weighted by Gasteiger charge is -2.16. The molecular formula is C19H19N3O3S. The molecule has 4 rings (SSSR count). The number of anilines is 1. The molecule has 1 amide bonds. The van der Waals surface area contributed by atoms with Gasteiger partial charge in [0.1, 0.15) is 0 Å². The second-order valence-electron chi connectivity index (χ2n) is 6.65. The van der Waals surface area contributed by atoms with Crippen LogP contribution in [0.2, 0.25) is 0 Å². The Morgan fingerprint density at radius 1 is 1.19 bits per heavy atom. The van der Waals surface area contributed by atoms with Gasteiger partial charge in [-0.3, -0.25) is 9.36 Å². The Morgan fingerprint density at radius 3 is 2.69 bits per heavy atom. The largest absolute Gasteiger partial charge is 0.449 e. The lowest BCUT2D eigenvalue weighted by molar-refractivity contribution is -0.0431. The van der Waals surface area contributed by atoms with E-state index in [4.69, 9.17) is 9.47 Å². The highest BCUT2D eigenvalue weighted by molar-refractivity contribution is 7.12. The van der Waals surface area contributed by atoms with Gasteiger partial charge in [0.2, 0.25) is 5.79 Å². The summed E-state index contributed by atoms with van der Waals surface area (Å²) in [5.74, 6) is 0.443. The van der Waals surface area contributed by atoms with Crippen LogP contribution in [-0.2, 0) is 0 Å². The first-order valence-corrected chi connectivity index (χ1v) is 9.14. The van der Waals surface area contributed by atoms with Gasteiger partial charge in [0.05, 0.1) is 5.56 Å². The van der Waals surface area contributed by atoms with Gasteiger partial charge in [-0.25, -0.2) is 4.98 Å². The van der Waals surface area contributed by atoms with E-state index in [-0.39, 0.29) is 5.91 Å². The van der Waals surface area contributed by atoms with Crippen LogP contribution in [0.3, 0.4) is 0 Å². The summed E-state index contributed by atoms with van der Waals surface area (Å²) < 4.78 is 13.4. The van der Waals surface area contributed by atoms with Gasteiger partial charge < -0.3 is 14.8 Å². The number of aryl methyl sites for hydroxylation is 1. The van der Waals surface area contributed by atoms with Gasteiger partial charge in [0.25, 0.3) is 5.91 Å². The van der Waals surface area contributed by atoms with Crippen molar-refractivity contribution < 1.29 is 14.3 Å². The number of carbonyl (C=O) groups is 1. The molecule has 6 nitrogen and oxygen atoms in total. The molecule has 134 valence electrons. The molecule has 0 bridgehead atoms. The minimum atomic E-state index is -0.691. The first-order valence-electron chi connectivity index (χ1n) is 8.26. The molecular weight excluding hydrogens is 350 g/mol. The molecule has 0 aliphatic carbocycles. The van der Waals surface area contributed by atoms with Crippen LogP contribution in [0.1, 0.15) is 35.6 Å². The monoisotopic (exact) mass is 369 g/mol. The number of ether oxygens (including phenoxy) is 2. The number of fused-ring (bicyclic) bond motifs is 1. The molecule has 0 radical (unpaired) electrons. The van der Waals surface area contributed by atoms with Crippen molar-refractivity contribution in [2.45, 2.75) is 33.5 Å². The molecule has 1 aliphatic rings. The summed E-state index contributed by atoms with van der Waals surface area (Å²) in [4.78, 5) is 17.1. The first kappa shape index (κ1) is 16.7. The zero-order valence-electron chi connectivity index (χ0n) is 15.0. The van der Waals surface area contributed by atoms with E-state index in [1.807, 2.05) is 49.8 Å². The average Bonchev–Trinajstić information content (AvgIpc) is 3.24. The summed E-state index contributed by atoms with van der Waals surface area (Å²) >= 11 is 1.54. The number of rotatable bonds is 3. The van der Waals surface area contributed by atoms with E-state index in [1.54, 1.807) is 18.3 Å². The third-order valence-corrected chi connectivity index (χ3v) is 4.96. The predicted octanol–water partition coefficient (Wildman–Crippen LogP) is 4.31. The van der Waals surface area contributed by atoms with Crippen molar-refractivity contribution in [1.29, 1.82) is 0 Å². The molecule has 1 N–H and O–H groups in total. The Hall–Kier alpha value is -2.80.